The number of halogens is 5. The van der Waals surface area contributed by atoms with Gasteiger partial charge in [-0.05, 0) is 30.3 Å². The van der Waals surface area contributed by atoms with Crippen LogP contribution in [0.15, 0.2) is 36.5 Å². The molecule has 2 rings (SSSR count). The molecule has 24 heavy (non-hydrogen) atoms. The summed E-state index contributed by atoms with van der Waals surface area (Å²) < 4.78 is 66.7. The topological polar surface area (TPSA) is 57.9 Å². The molecule has 0 saturated carbocycles. The Labute approximate surface area is 133 Å². The van der Waals surface area contributed by atoms with Crippen LogP contribution in [-0.2, 0) is 12.7 Å². The van der Waals surface area contributed by atoms with Crippen molar-refractivity contribution in [2.75, 3.05) is 5.32 Å². The minimum Gasteiger partial charge on any atom is -0.433 e. The van der Waals surface area contributed by atoms with Crippen molar-refractivity contribution in [3.05, 3.63) is 53.3 Å². The molecule has 1 N–H and O–H groups in total. The number of benzene rings is 1. The van der Waals surface area contributed by atoms with Crippen molar-refractivity contribution in [2.45, 2.75) is 19.3 Å². The van der Waals surface area contributed by atoms with E-state index in [2.05, 4.69) is 15.0 Å². The van der Waals surface area contributed by atoms with Crippen LogP contribution in [0, 0.1) is 11.3 Å². The van der Waals surface area contributed by atoms with Crippen molar-refractivity contribution >= 4 is 5.69 Å². The zero-order valence-corrected chi connectivity index (χ0v) is 11.9. The van der Waals surface area contributed by atoms with Gasteiger partial charge in [0.15, 0.2) is 0 Å². The molecule has 0 unspecified atom stereocenters. The van der Waals surface area contributed by atoms with Crippen LogP contribution < -0.4 is 10.1 Å². The molecule has 0 bridgehead atoms. The maximum Gasteiger partial charge on any atom is 0.417 e. The molecule has 0 fully saturated rings. The lowest BCUT2D eigenvalue weighted by Crippen LogP contribution is -2.09. The summed E-state index contributed by atoms with van der Waals surface area (Å²) in [5.41, 5.74) is -0.950. The summed E-state index contributed by atoms with van der Waals surface area (Å²) in [6.45, 7) is -2.90. The molecule has 0 aliphatic rings. The zero-order chi connectivity index (χ0) is 17.7. The summed E-state index contributed by atoms with van der Waals surface area (Å²) in [5, 5.41) is 11.4. The van der Waals surface area contributed by atoms with Crippen molar-refractivity contribution in [3.8, 4) is 11.8 Å². The molecule has 0 atom stereocenters. The number of pyridine rings is 1. The number of ether oxygens (including phenoxy) is 1. The van der Waals surface area contributed by atoms with Gasteiger partial charge in [-0.1, -0.05) is 0 Å². The van der Waals surface area contributed by atoms with Crippen molar-refractivity contribution in [1.29, 1.82) is 5.26 Å². The number of rotatable bonds is 5. The lowest BCUT2D eigenvalue weighted by Gasteiger charge is -2.12. The summed E-state index contributed by atoms with van der Waals surface area (Å²) in [7, 11) is 0. The third kappa shape index (κ3) is 4.55. The van der Waals surface area contributed by atoms with Crippen molar-refractivity contribution < 1.29 is 26.7 Å². The minimum absolute atomic E-state index is 0.0676. The Kier molecular flexibility index (Phi) is 5.18. The first-order valence-corrected chi connectivity index (χ1v) is 6.54. The van der Waals surface area contributed by atoms with Crippen LogP contribution in [0.3, 0.4) is 0 Å². The molecule has 2 aromatic rings. The van der Waals surface area contributed by atoms with Gasteiger partial charge in [-0.2, -0.15) is 27.2 Å². The van der Waals surface area contributed by atoms with Gasteiger partial charge in [0.05, 0.1) is 35.6 Å². The predicted molar refractivity (Wildman–Crippen MR) is 74.4 cm³/mol. The van der Waals surface area contributed by atoms with Crippen molar-refractivity contribution in [2.24, 2.45) is 0 Å². The second-order valence-corrected chi connectivity index (χ2v) is 4.59. The fourth-order valence-corrected chi connectivity index (χ4v) is 1.87. The highest BCUT2D eigenvalue weighted by molar-refractivity contribution is 5.53. The van der Waals surface area contributed by atoms with Crippen molar-refractivity contribution in [3.63, 3.8) is 0 Å². The SMILES string of the molecule is N#Cc1ccc(NCc2ccc(OC(F)F)cn2)cc1C(F)(F)F. The number of nitriles is 1. The highest BCUT2D eigenvalue weighted by Gasteiger charge is 2.33. The fraction of sp³-hybridized carbons (Fsp3) is 0.200. The summed E-state index contributed by atoms with van der Waals surface area (Å²) in [6, 6.07) is 7.39. The molecule has 1 heterocycles. The lowest BCUT2D eigenvalue weighted by molar-refractivity contribution is -0.137. The van der Waals surface area contributed by atoms with E-state index in [9.17, 15) is 22.0 Å². The van der Waals surface area contributed by atoms with Crippen LogP contribution in [0.2, 0.25) is 0 Å². The first-order valence-electron chi connectivity index (χ1n) is 6.54. The van der Waals surface area contributed by atoms with E-state index in [0.29, 0.717) is 5.69 Å². The van der Waals surface area contributed by atoms with E-state index in [1.807, 2.05) is 0 Å². The van der Waals surface area contributed by atoms with Gasteiger partial charge < -0.3 is 10.1 Å². The van der Waals surface area contributed by atoms with Crippen LogP contribution in [-0.4, -0.2) is 11.6 Å². The number of alkyl halides is 5. The summed E-state index contributed by atoms with van der Waals surface area (Å²) in [5.74, 6) is -0.119. The standard InChI is InChI=1S/C15H10F5N3O/c16-14(17)24-12-4-3-11(23-8-12)7-22-10-2-1-9(6-21)13(5-10)15(18,19)20/h1-5,8,14,22H,7H2. The molecule has 0 saturated heterocycles. The second-order valence-electron chi connectivity index (χ2n) is 4.59. The number of anilines is 1. The monoisotopic (exact) mass is 343 g/mol. The molecule has 9 heteroatoms. The predicted octanol–water partition coefficient (Wildman–Crippen LogP) is 4.19. The molecule has 4 nitrogen and oxygen atoms in total. The maximum atomic E-state index is 12.9. The Morgan fingerprint density at radius 1 is 1.21 bits per heavy atom. The zero-order valence-electron chi connectivity index (χ0n) is 11.9. The average Bonchev–Trinajstić information content (AvgIpc) is 2.52. The fourth-order valence-electron chi connectivity index (χ4n) is 1.87. The smallest absolute Gasteiger partial charge is 0.417 e. The van der Waals surface area contributed by atoms with Crippen LogP contribution in [0.5, 0.6) is 5.75 Å². The van der Waals surface area contributed by atoms with Crippen LogP contribution in [0.1, 0.15) is 16.8 Å². The van der Waals surface area contributed by atoms with Crippen LogP contribution in [0.4, 0.5) is 27.6 Å². The summed E-state index contributed by atoms with van der Waals surface area (Å²) in [6.07, 6.45) is -3.56. The lowest BCUT2D eigenvalue weighted by atomic mass is 10.1. The largest absolute Gasteiger partial charge is 0.433 e. The van der Waals surface area contributed by atoms with Gasteiger partial charge >= 0.3 is 12.8 Å². The van der Waals surface area contributed by atoms with E-state index in [1.165, 1.54) is 24.3 Å². The summed E-state index contributed by atoms with van der Waals surface area (Å²) >= 11 is 0. The van der Waals surface area contributed by atoms with E-state index < -0.39 is 23.9 Å². The Balaban J connectivity index is 2.08. The van der Waals surface area contributed by atoms with Gasteiger partial charge in [0.2, 0.25) is 0 Å². The number of nitrogens with one attached hydrogen (secondary N) is 1. The first-order chi connectivity index (χ1) is 11.3. The molecule has 126 valence electrons. The highest BCUT2D eigenvalue weighted by atomic mass is 19.4. The molecule has 0 radical (unpaired) electrons. The number of aromatic nitrogens is 1. The van der Waals surface area contributed by atoms with Gasteiger partial charge in [-0.3, -0.25) is 4.98 Å². The summed E-state index contributed by atoms with van der Waals surface area (Å²) in [4.78, 5) is 3.86. The third-order valence-electron chi connectivity index (χ3n) is 2.94. The average molecular weight is 343 g/mol. The molecule has 1 aromatic heterocycles. The van der Waals surface area contributed by atoms with Crippen molar-refractivity contribution in [1.82, 2.24) is 4.98 Å². The Morgan fingerprint density at radius 2 is 1.96 bits per heavy atom. The molecule has 0 amide bonds. The Hall–Kier alpha value is -2.89. The minimum atomic E-state index is -4.64. The molecule has 0 aliphatic heterocycles. The molecular formula is C15H10F5N3O. The van der Waals surface area contributed by atoms with Gasteiger partial charge in [0.1, 0.15) is 5.75 Å². The number of hydrogen-bond donors (Lipinski definition) is 1. The van der Waals surface area contributed by atoms with E-state index in [-0.39, 0.29) is 18.0 Å². The maximum absolute atomic E-state index is 12.9. The van der Waals surface area contributed by atoms with Gasteiger partial charge in [0.25, 0.3) is 0 Å². The number of nitrogens with zero attached hydrogens (tertiary/aromatic N) is 2. The first kappa shape index (κ1) is 17.5. The van der Waals surface area contributed by atoms with E-state index >= 15 is 0 Å². The molecular weight excluding hydrogens is 333 g/mol. The quantitative estimate of drug-likeness (QED) is 0.827. The van der Waals surface area contributed by atoms with E-state index in [0.717, 1.165) is 18.3 Å². The molecule has 1 aromatic carbocycles. The Bertz CT molecular complexity index is 738. The van der Waals surface area contributed by atoms with Crippen LogP contribution in [0.25, 0.3) is 0 Å². The third-order valence-corrected chi connectivity index (χ3v) is 2.94. The van der Waals surface area contributed by atoms with Crippen LogP contribution >= 0.6 is 0 Å². The van der Waals surface area contributed by atoms with Gasteiger partial charge in [-0.25, -0.2) is 0 Å². The second kappa shape index (κ2) is 7.12. The van der Waals surface area contributed by atoms with Gasteiger partial charge in [-0.15, -0.1) is 0 Å². The normalized spacial score (nSPS) is 11.2. The van der Waals surface area contributed by atoms with E-state index in [4.69, 9.17) is 5.26 Å². The molecule has 0 spiro atoms. The highest BCUT2D eigenvalue weighted by Crippen LogP contribution is 2.33. The number of hydrogen-bond acceptors (Lipinski definition) is 4. The van der Waals surface area contributed by atoms with Gasteiger partial charge in [0, 0.05) is 5.69 Å². The van der Waals surface area contributed by atoms with E-state index in [1.54, 1.807) is 0 Å². The molecule has 0 aliphatic carbocycles. The Morgan fingerprint density at radius 3 is 2.50 bits per heavy atom.